The van der Waals surface area contributed by atoms with Crippen molar-refractivity contribution in [3.63, 3.8) is 0 Å². The molecular formula is C23H30N6O4S. The number of fused-ring (bicyclic) bond motifs is 1. The van der Waals surface area contributed by atoms with Gasteiger partial charge in [-0.15, -0.1) is 5.06 Å². The molecule has 2 aromatic heterocycles. The highest BCUT2D eigenvalue weighted by atomic mass is 32.2. The number of sulfone groups is 1. The third kappa shape index (κ3) is 4.90. The minimum absolute atomic E-state index is 0.222. The first-order chi connectivity index (χ1) is 15.9. The summed E-state index contributed by atoms with van der Waals surface area (Å²) in [4.78, 5) is 29.0. The number of anilines is 1. The summed E-state index contributed by atoms with van der Waals surface area (Å²) >= 11 is 0. The van der Waals surface area contributed by atoms with Gasteiger partial charge in [0.25, 0.3) is 0 Å². The van der Waals surface area contributed by atoms with Crippen molar-refractivity contribution in [2.24, 2.45) is 5.41 Å². The van der Waals surface area contributed by atoms with Gasteiger partial charge in [-0.3, -0.25) is 0 Å². The van der Waals surface area contributed by atoms with E-state index in [0.29, 0.717) is 24.4 Å². The molecule has 0 aliphatic carbocycles. The van der Waals surface area contributed by atoms with Gasteiger partial charge in [0.1, 0.15) is 12.1 Å². The second kappa shape index (κ2) is 8.95. The number of hydrogen-bond donors (Lipinski definition) is 0. The van der Waals surface area contributed by atoms with Crippen LogP contribution >= 0.6 is 0 Å². The number of nitrogens with zero attached hydrogens (tertiary/aromatic N) is 6. The standard InChI is InChI=1S/C23H30N6O4S/c1-23(2,3)22(30)33-28-12-10-16(11-13-28)27(4)20-19-14-26-29(21(19)25-15-24-20)17-6-8-18(9-7-17)34(5,31)32/h6-9,14-16H,10-13H2,1-5H3. The molecule has 182 valence electrons. The zero-order chi connectivity index (χ0) is 24.7. The molecule has 10 nitrogen and oxygen atoms in total. The first kappa shape index (κ1) is 24.1. The Morgan fingerprint density at radius 3 is 2.35 bits per heavy atom. The molecule has 3 aromatic rings. The van der Waals surface area contributed by atoms with E-state index < -0.39 is 15.3 Å². The molecule has 0 radical (unpaired) electrons. The van der Waals surface area contributed by atoms with Gasteiger partial charge in [0.2, 0.25) is 0 Å². The van der Waals surface area contributed by atoms with Crippen LogP contribution in [0.4, 0.5) is 5.82 Å². The number of piperidine rings is 1. The Labute approximate surface area is 199 Å². The zero-order valence-corrected chi connectivity index (χ0v) is 20.9. The Morgan fingerprint density at radius 2 is 1.76 bits per heavy atom. The third-order valence-corrected chi connectivity index (χ3v) is 7.11. The fourth-order valence-electron chi connectivity index (χ4n) is 3.88. The van der Waals surface area contributed by atoms with E-state index in [4.69, 9.17) is 4.84 Å². The first-order valence-electron chi connectivity index (χ1n) is 11.1. The Morgan fingerprint density at radius 1 is 1.12 bits per heavy atom. The van der Waals surface area contributed by atoms with Crippen molar-refractivity contribution < 1.29 is 18.0 Å². The van der Waals surface area contributed by atoms with Crippen LogP contribution in [0.2, 0.25) is 0 Å². The Kier molecular flexibility index (Phi) is 6.34. The van der Waals surface area contributed by atoms with Gasteiger partial charge >= 0.3 is 5.97 Å². The largest absolute Gasteiger partial charge is 0.367 e. The summed E-state index contributed by atoms with van der Waals surface area (Å²) < 4.78 is 25.2. The van der Waals surface area contributed by atoms with Crippen molar-refractivity contribution in [2.45, 2.75) is 44.6 Å². The number of benzene rings is 1. The summed E-state index contributed by atoms with van der Waals surface area (Å²) in [6.07, 6.45) is 6.06. The molecule has 0 bridgehead atoms. The SMILES string of the molecule is CN(c1ncnc2c1cnn2-c1ccc(S(C)(=O)=O)cc1)C1CCN(OC(=O)C(C)(C)C)CC1. The molecule has 0 unspecified atom stereocenters. The monoisotopic (exact) mass is 486 g/mol. The molecule has 0 spiro atoms. The predicted molar refractivity (Wildman–Crippen MR) is 128 cm³/mol. The first-order valence-corrected chi connectivity index (χ1v) is 13.0. The summed E-state index contributed by atoms with van der Waals surface area (Å²) in [5, 5.41) is 7.03. The molecule has 3 heterocycles. The highest BCUT2D eigenvalue weighted by molar-refractivity contribution is 7.90. The van der Waals surface area contributed by atoms with Crippen LogP contribution in [0.25, 0.3) is 16.7 Å². The number of rotatable bonds is 5. The van der Waals surface area contributed by atoms with E-state index in [-0.39, 0.29) is 16.9 Å². The molecule has 1 aromatic carbocycles. The number of hydrogen-bond acceptors (Lipinski definition) is 9. The third-order valence-electron chi connectivity index (χ3n) is 5.98. The van der Waals surface area contributed by atoms with Crippen LogP contribution in [-0.2, 0) is 19.5 Å². The molecule has 4 rings (SSSR count). The fraction of sp³-hybridized carbons (Fsp3) is 0.478. The van der Waals surface area contributed by atoms with Gasteiger partial charge in [-0.1, -0.05) is 0 Å². The molecule has 34 heavy (non-hydrogen) atoms. The minimum Gasteiger partial charge on any atom is -0.367 e. The summed E-state index contributed by atoms with van der Waals surface area (Å²) in [6.45, 7) is 6.83. The van der Waals surface area contributed by atoms with Gasteiger partial charge in [-0.25, -0.2) is 27.9 Å². The number of carbonyl (C=O) groups is 1. The number of hydroxylamine groups is 2. The average Bonchev–Trinajstić information content (AvgIpc) is 3.22. The smallest absolute Gasteiger partial charge is 0.330 e. The highest BCUT2D eigenvalue weighted by Crippen LogP contribution is 2.28. The van der Waals surface area contributed by atoms with Crippen molar-refractivity contribution in [1.82, 2.24) is 24.8 Å². The van der Waals surface area contributed by atoms with Crippen LogP contribution < -0.4 is 4.90 Å². The lowest BCUT2D eigenvalue weighted by Gasteiger charge is -2.37. The second-order valence-corrected chi connectivity index (χ2v) is 11.7. The Bertz CT molecular complexity index is 1290. The lowest BCUT2D eigenvalue weighted by atomic mass is 9.98. The fourth-order valence-corrected chi connectivity index (χ4v) is 4.51. The van der Waals surface area contributed by atoms with Crippen LogP contribution in [0.1, 0.15) is 33.6 Å². The van der Waals surface area contributed by atoms with E-state index in [9.17, 15) is 13.2 Å². The summed E-state index contributed by atoms with van der Waals surface area (Å²) in [6, 6.07) is 6.77. The minimum atomic E-state index is -3.27. The average molecular weight is 487 g/mol. The highest BCUT2D eigenvalue weighted by Gasteiger charge is 2.30. The Hall–Kier alpha value is -3.05. The van der Waals surface area contributed by atoms with E-state index in [1.54, 1.807) is 40.2 Å². The van der Waals surface area contributed by atoms with Gasteiger partial charge < -0.3 is 9.74 Å². The molecule has 0 amide bonds. The molecular weight excluding hydrogens is 456 g/mol. The normalized spacial score (nSPS) is 16.0. The van der Waals surface area contributed by atoms with Crippen LogP contribution in [0.3, 0.4) is 0 Å². The van der Waals surface area contributed by atoms with Crippen molar-refractivity contribution in [1.29, 1.82) is 0 Å². The van der Waals surface area contributed by atoms with Gasteiger partial charge in [0, 0.05) is 32.4 Å². The summed E-state index contributed by atoms with van der Waals surface area (Å²) in [5.74, 6) is 0.544. The van der Waals surface area contributed by atoms with Gasteiger partial charge in [0.05, 0.1) is 27.6 Å². The van der Waals surface area contributed by atoms with E-state index in [1.807, 2.05) is 27.8 Å². The molecule has 1 fully saturated rings. The maximum atomic E-state index is 12.2. The van der Waals surface area contributed by atoms with E-state index in [2.05, 4.69) is 20.0 Å². The van der Waals surface area contributed by atoms with Crippen LogP contribution in [0, 0.1) is 5.41 Å². The van der Waals surface area contributed by atoms with Gasteiger partial charge in [0.15, 0.2) is 15.5 Å². The number of carbonyl (C=O) groups excluding carboxylic acids is 1. The van der Waals surface area contributed by atoms with Crippen LogP contribution in [0.15, 0.2) is 41.7 Å². The van der Waals surface area contributed by atoms with Crippen molar-refractivity contribution in [2.75, 3.05) is 31.3 Å². The van der Waals surface area contributed by atoms with Crippen molar-refractivity contribution >= 4 is 32.7 Å². The summed E-state index contributed by atoms with van der Waals surface area (Å²) in [5.41, 5.74) is 0.815. The van der Waals surface area contributed by atoms with E-state index >= 15 is 0 Å². The molecule has 1 aliphatic heterocycles. The van der Waals surface area contributed by atoms with E-state index in [0.717, 1.165) is 24.0 Å². The topological polar surface area (TPSA) is 111 Å². The maximum absolute atomic E-state index is 12.2. The predicted octanol–water partition coefficient (Wildman–Crippen LogP) is 2.62. The molecule has 1 aliphatic rings. The molecule has 0 saturated carbocycles. The van der Waals surface area contributed by atoms with Crippen LogP contribution in [-0.4, -0.2) is 71.6 Å². The van der Waals surface area contributed by atoms with Gasteiger partial charge in [-0.05, 0) is 57.9 Å². The van der Waals surface area contributed by atoms with Gasteiger partial charge in [-0.2, -0.15) is 5.10 Å². The van der Waals surface area contributed by atoms with E-state index in [1.165, 1.54) is 12.6 Å². The quantitative estimate of drug-likeness (QED) is 0.537. The number of aromatic nitrogens is 4. The molecule has 1 saturated heterocycles. The lowest BCUT2D eigenvalue weighted by Crippen LogP contribution is -2.45. The van der Waals surface area contributed by atoms with Crippen molar-refractivity contribution in [3.05, 3.63) is 36.8 Å². The summed E-state index contributed by atoms with van der Waals surface area (Å²) in [7, 11) is -1.27. The molecule has 0 atom stereocenters. The van der Waals surface area contributed by atoms with Crippen molar-refractivity contribution in [3.8, 4) is 5.69 Å². The maximum Gasteiger partial charge on any atom is 0.330 e. The second-order valence-electron chi connectivity index (χ2n) is 9.66. The molecule has 0 N–H and O–H groups in total. The Balaban J connectivity index is 1.51. The lowest BCUT2D eigenvalue weighted by molar-refractivity contribution is -0.204. The van der Waals surface area contributed by atoms with Crippen LogP contribution in [0.5, 0.6) is 0 Å². The zero-order valence-electron chi connectivity index (χ0n) is 20.1. The molecule has 11 heteroatoms.